The van der Waals surface area contributed by atoms with Crippen LogP contribution in [0.3, 0.4) is 0 Å². The van der Waals surface area contributed by atoms with Crippen LogP contribution in [-0.4, -0.2) is 27.2 Å². The van der Waals surface area contributed by atoms with Gasteiger partial charge in [-0.15, -0.1) is 0 Å². The van der Waals surface area contributed by atoms with Crippen LogP contribution < -0.4 is 0 Å². The Morgan fingerprint density at radius 2 is 0.591 bits per heavy atom. The minimum Gasteiger partial charge on any atom is -0.0622 e. The zero-order valence-electron chi connectivity index (χ0n) is 39.2. The fraction of sp³-hybridized carbons (Fsp3) is 0.156. The Labute approximate surface area is 396 Å². The second-order valence-corrected chi connectivity index (χ2v) is 24.0. The second kappa shape index (κ2) is 18.0. The highest BCUT2D eigenvalue weighted by Gasteiger charge is 2.53. The summed E-state index contributed by atoms with van der Waals surface area (Å²) in [5.74, 6) is 0. The van der Waals surface area contributed by atoms with E-state index >= 15 is 0 Å². The highest BCUT2D eigenvalue weighted by molar-refractivity contribution is 6.89. The summed E-state index contributed by atoms with van der Waals surface area (Å²) in [6, 6.07) is 83.6. The quantitative estimate of drug-likeness (QED) is 0.114. The first-order valence-corrected chi connectivity index (χ1v) is 27.6. The lowest BCUT2D eigenvalue weighted by molar-refractivity contribution is 0.566. The lowest BCUT2D eigenvalue weighted by Crippen LogP contribution is -2.43. The Kier molecular flexibility index (Phi) is 11.8. The van der Waals surface area contributed by atoms with Crippen LogP contribution in [0, 0.1) is 27.7 Å². The van der Waals surface area contributed by atoms with Gasteiger partial charge in [-0.2, -0.15) is 0 Å². The van der Waals surface area contributed by atoms with Crippen LogP contribution in [-0.2, 0) is 10.1 Å². The third kappa shape index (κ3) is 7.47. The second-order valence-electron chi connectivity index (χ2n) is 18.8. The van der Waals surface area contributed by atoms with Crippen molar-refractivity contribution in [2.45, 2.75) is 63.7 Å². The molecule has 2 heteroatoms. The van der Waals surface area contributed by atoms with Crippen LogP contribution >= 0.6 is 0 Å². The maximum atomic E-state index is 2.66. The van der Waals surface area contributed by atoms with Gasteiger partial charge in [0, 0.05) is 26.9 Å². The summed E-state index contributed by atoms with van der Waals surface area (Å²) in [7, 11) is -2.86. The Balaban J connectivity index is 1.36. The molecule has 0 nitrogen and oxygen atoms in total. The maximum absolute atomic E-state index is 2.66. The predicted molar refractivity (Wildman–Crippen MR) is 288 cm³/mol. The third-order valence-electron chi connectivity index (χ3n) is 14.6. The van der Waals surface area contributed by atoms with Gasteiger partial charge in [-0.25, -0.2) is 0 Å². The smallest absolute Gasteiger partial charge is 0.0343 e. The standard InChI is InChI=1S/C64H58Si2/c1-45-23-19-35-53(41-45)61-57(49-27-11-7-12-28-49)59(51-31-15-9-16-32-51)63(65(61)5,55-37-21-25-47(3)43-55)39-40-64(56-38-22-26-48(4)44-56)60(52-33-17-10-18-34-52)58(50-29-13-8-14-30-50)62(66(64)6)54-36-20-24-46(2)42-54/h7-38,41-44H,39-40H2,1-6H3. The number of rotatable bonds is 11. The first kappa shape index (κ1) is 43.3. The van der Waals surface area contributed by atoms with Gasteiger partial charge >= 0.3 is 0 Å². The van der Waals surface area contributed by atoms with E-state index in [4.69, 9.17) is 0 Å². The van der Waals surface area contributed by atoms with E-state index in [9.17, 15) is 0 Å². The molecule has 0 bridgehead atoms. The van der Waals surface area contributed by atoms with Crippen molar-refractivity contribution in [2.24, 2.45) is 0 Å². The Morgan fingerprint density at radius 3 is 0.909 bits per heavy atom. The molecule has 10 rings (SSSR count). The molecule has 0 fully saturated rings. The van der Waals surface area contributed by atoms with Crippen molar-refractivity contribution >= 4 is 49.4 Å². The molecule has 322 valence electrons. The van der Waals surface area contributed by atoms with Crippen LogP contribution in [0.25, 0.3) is 22.3 Å². The van der Waals surface area contributed by atoms with Gasteiger partial charge in [0.15, 0.2) is 0 Å². The number of aryl methyl sites for hydroxylation is 4. The van der Waals surface area contributed by atoms with Gasteiger partial charge in [-0.1, -0.05) is 254 Å². The number of hydrogen-bond donors (Lipinski definition) is 0. The van der Waals surface area contributed by atoms with E-state index < -0.39 is 16.8 Å². The molecule has 0 aromatic heterocycles. The summed E-state index contributed by atoms with van der Waals surface area (Å²) in [6.45, 7) is 14.4. The number of hydrogen-bond acceptors (Lipinski definition) is 0. The molecule has 2 aliphatic heterocycles. The van der Waals surface area contributed by atoms with E-state index in [1.807, 2.05) is 0 Å². The first-order valence-electron chi connectivity index (χ1n) is 23.6. The highest BCUT2D eigenvalue weighted by atomic mass is 28.2. The number of allylic oxidation sites excluding steroid dienone is 4. The summed E-state index contributed by atoms with van der Waals surface area (Å²) in [4.78, 5) is 0. The maximum Gasteiger partial charge on any atom is 0.0343 e. The molecule has 2 heterocycles. The van der Waals surface area contributed by atoms with Crippen LogP contribution in [0.1, 0.15) is 79.6 Å². The zero-order chi connectivity index (χ0) is 45.4. The molecule has 2 unspecified atom stereocenters. The van der Waals surface area contributed by atoms with Crippen molar-refractivity contribution in [1.29, 1.82) is 0 Å². The van der Waals surface area contributed by atoms with Crippen molar-refractivity contribution in [3.05, 3.63) is 285 Å². The molecular weight excluding hydrogens is 825 g/mol. The van der Waals surface area contributed by atoms with Gasteiger partial charge in [0.2, 0.25) is 0 Å². The summed E-state index contributed by atoms with van der Waals surface area (Å²) in [5.41, 5.74) is 21.8. The molecule has 0 radical (unpaired) electrons. The van der Waals surface area contributed by atoms with E-state index in [2.05, 4.69) is 259 Å². The lowest BCUT2D eigenvalue weighted by Gasteiger charge is -2.42. The molecule has 0 saturated carbocycles. The van der Waals surface area contributed by atoms with Gasteiger partial charge in [0.25, 0.3) is 0 Å². The van der Waals surface area contributed by atoms with Crippen LogP contribution in [0.4, 0.5) is 0 Å². The van der Waals surface area contributed by atoms with Crippen LogP contribution in [0.2, 0.25) is 13.1 Å². The fourth-order valence-electron chi connectivity index (χ4n) is 11.8. The first-order chi connectivity index (χ1) is 32.2. The average Bonchev–Trinajstić information content (AvgIpc) is 3.77. The molecule has 2 atom stereocenters. The lowest BCUT2D eigenvalue weighted by atomic mass is 9.72. The van der Waals surface area contributed by atoms with E-state index in [-0.39, 0.29) is 10.1 Å². The van der Waals surface area contributed by atoms with Crippen molar-refractivity contribution < 1.29 is 0 Å². The summed E-state index contributed by atoms with van der Waals surface area (Å²) >= 11 is 0. The Morgan fingerprint density at radius 1 is 0.303 bits per heavy atom. The number of benzene rings is 8. The molecule has 8 aromatic rings. The summed E-state index contributed by atoms with van der Waals surface area (Å²) < 4.78 is 0. The van der Waals surface area contributed by atoms with Crippen molar-refractivity contribution in [2.75, 3.05) is 0 Å². The van der Waals surface area contributed by atoms with Gasteiger partial charge in [-0.3, -0.25) is 0 Å². The third-order valence-corrected chi connectivity index (χ3v) is 21.4. The van der Waals surface area contributed by atoms with Crippen LogP contribution in [0.5, 0.6) is 0 Å². The van der Waals surface area contributed by atoms with E-state index in [0.29, 0.717) is 0 Å². The minimum atomic E-state index is -1.43. The van der Waals surface area contributed by atoms with Gasteiger partial charge in [-0.05, 0) is 118 Å². The predicted octanol–water partition coefficient (Wildman–Crippen LogP) is 15.1. The minimum absolute atomic E-state index is 0.304. The Hall–Kier alpha value is -6.59. The molecular formula is C64H58Si2. The molecule has 2 aliphatic rings. The monoisotopic (exact) mass is 882 g/mol. The topological polar surface area (TPSA) is 0 Å². The van der Waals surface area contributed by atoms with Crippen LogP contribution in [0.15, 0.2) is 218 Å². The molecule has 66 heavy (non-hydrogen) atoms. The molecule has 0 N–H and O–H groups in total. The van der Waals surface area contributed by atoms with Crippen molar-refractivity contribution in [3.8, 4) is 0 Å². The molecule has 0 saturated heterocycles. The Bertz CT molecular complexity index is 3010. The van der Waals surface area contributed by atoms with Crippen molar-refractivity contribution in [3.63, 3.8) is 0 Å². The SMILES string of the molecule is Cc1cccc(C2=[Si](C)C(CCC3(c4cccc(C)c4)C(c4ccccc4)=C(c4ccccc4)C(c4cccc(C)c4)=[Si]3C)(c3cccc(C)c3)C(c3ccccc3)=C2c2ccccc2)c1. The van der Waals surface area contributed by atoms with E-state index in [0.717, 1.165) is 12.8 Å². The highest BCUT2D eigenvalue weighted by Crippen LogP contribution is 2.58. The largest absolute Gasteiger partial charge is 0.0622 e. The van der Waals surface area contributed by atoms with E-state index in [1.54, 1.807) is 0 Å². The fourth-order valence-corrected chi connectivity index (χ4v) is 18.6. The van der Waals surface area contributed by atoms with E-state index in [1.165, 1.54) is 99.4 Å². The summed E-state index contributed by atoms with van der Waals surface area (Å²) in [5, 5.41) is 2.46. The van der Waals surface area contributed by atoms with Gasteiger partial charge in [0.1, 0.15) is 0 Å². The molecule has 8 aromatic carbocycles. The molecule has 0 spiro atoms. The normalized spacial score (nSPS) is 18.5. The zero-order valence-corrected chi connectivity index (χ0v) is 41.2. The van der Waals surface area contributed by atoms with Gasteiger partial charge < -0.3 is 0 Å². The summed E-state index contributed by atoms with van der Waals surface area (Å²) in [6.07, 6.45) is 1.96. The van der Waals surface area contributed by atoms with Crippen molar-refractivity contribution in [1.82, 2.24) is 0 Å². The average molecular weight is 883 g/mol. The van der Waals surface area contributed by atoms with Gasteiger partial charge in [0.05, 0.1) is 0 Å². The molecule has 0 amide bonds. The molecule has 0 aliphatic carbocycles.